The summed E-state index contributed by atoms with van der Waals surface area (Å²) in [6.45, 7) is 3.68. The molecular weight excluding hydrogens is 234 g/mol. The van der Waals surface area contributed by atoms with E-state index in [0.717, 1.165) is 6.42 Å². The van der Waals surface area contributed by atoms with Gasteiger partial charge in [0, 0.05) is 18.4 Å². The highest BCUT2D eigenvalue weighted by atomic mass is 16.4. The van der Waals surface area contributed by atoms with E-state index in [9.17, 15) is 9.59 Å². The van der Waals surface area contributed by atoms with E-state index >= 15 is 0 Å². The third-order valence-corrected chi connectivity index (χ3v) is 2.71. The van der Waals surface area contributed by atoms with Crippen LogP contribution in [-0.4, -0.2) is 32.8 Å². The highest BCUT2D eigenvalue weighted by Crippen LogP contribution is 2.07. The standard InChI is InChI=1S/C12H19N3O3/c1-3-5-10(8-11(16)17)14-12(18)9(2)15-7-4-6-13-15/h4,6-7,9-10H,3,5,8H2,1-2H3,(H,14,18)(H,16,17). The lowest BCUT2D eigenvalue weighted by molar-refractivity contribution is -0.137. The molecule has 1 amide bonds. The minimum absolute atomic E-state index is 0.0502. The van der Waals surface area contributed by atoms with Gasteiger partial charge < -0.3 is 10.4 Å². The highest BCUT2D eigenvalue weighted by Gasteiger charge is 2.20. The first-order valence-electron chi connectivity index (χ1n) is 6.05. The maximum absolute atomic E-state index is 11.9. The van der Waals surface area contributed by atoms with Crippen LogP contribution >= 0.6 is 0 Å². The van der Waals surface area contributed by atoms with E-state index in [1.807, 2.05) is 6.92 Å². The second-order valence-corrected chi connectivity index (χ2v) is 4.25. The second kappa shape index (κ2) is 6.78. The largest absolute Gasteiger partial charge is 0.481 e. The van der Waals surface area contributed by atoms with E-state index in [1.54, 1.807) is 30.1 Å². The van der Waals surface area contributed by atoms with Gasteiger partial charge in [-0.2, -0.15) is 5.10 Å². The van der Waals surface area contributed by atoms with E-state index in [2.05, 4.69) is 10.4 Å². The van der Waals surface area contributed by atoms with Crippen LogP contribution in [0.15, 0.2) is 18.5 Å². The predicted molar refractivity (Wildman–Crippen MR) is 66.0 cm³/mol. The first-order chi connectivity index (χ1) is 8.54. The van der Waals surface area contributed by atoms with Crippen molar-refractivity contribution in [3.8, 4) is 0 Å². The molecule has 0 bridgehead atoms. The van der Waals surface area contributed by atoms with Crippen LogP contribution in [0.3, 0.4) is 0 Å². The van der Waals surface area contributed by atoms with E-state index in [-0.39, 0.29) is 18.4 Å². The van der Waals surface area contributed by atoms with Crippen LogP contribution < -0.4 is 5.32 Å². The van der Waals surface area contributed by atoms with Crippen molar-refractivity contribution >= 4 is 11.9 Å². The Kier molecular flexibility index (Phi) is 5.35. The number of nitrogens with one attached hydrogen (secondary N) is 1. The first-order valence-corrected chi connectivity index (χ1v) is 6.05. The summed E-state index contributed by atoms with van der Waals surface area (Å²) >= 11 is 0. The fraction of sp³-hybridized carbons (Fsp3) is 0.583. The fourth-order valence-electron chi connectivity index (χ4n) is 1.74. The van der Waals surface area contributed by atoms with Crippen LogP contribution in [0, 0.1) is 0 Å². The summed E-state index contributed by atoms with van der Waals surface area (Å²) in [5.41, 5.74) is 0. The maximum Gasteiger partial charge on any atom is 0.305 e. The highest BCUT2D eigenvalue weighted by molar-refractivity contribution is 5.80. The molecule has 0 saturated heterocycles. The molecule has 0 radical (unpaired) electrons. The van der Waals surface area contributed by atoms with Crippen molar-refractivity contribution in [1.82, 2.24) is 15.1 Å². The minimum Gasteiger partial charge on any atom is -0.481 e. The lowest BCUT2D eigenvalue weighted by Gasteiger charge is -2.19. The Morgan fingerprint density at radius 1 is 1.50 bits per heavy atom. The van der Waals surface area contributed by atoms with Crippen molar-refractivity contribution in [2.45, 2.75) is 45.2 Å². The van der Waals surface area contributed by atoms with Gasteiger partial charge in [-0.05, 0) is 19.4 Å². The summed E-state index contributed by atoms with van der Waals surface area (Å²) in [7, 11) is 0. The Morgan fingerprint density at radius 3 is 2.72 bits per heavy atom. The third kappa shape index (κ3) is 4.20. The average Bonchev–Trinajstić information content (AvgIpc) is 2.80. The van der Waals surface area contributed by atoms with E-state index in [0.29, 0.717) is 6.42 Å². The Morgan fingerprint density at radius 2 is 2.22 bits per heavy atom. The van der Waals surface area contributed by atoms with Crippen LogP contribution in [0.5, 0.6) is 0 Å². The quantitative estimate of drug-likeness (QED) is 0.764. The number of rotatable bonds is 7. The number of aromatic nitrogens is 2. The molecule has 2 unspecified atom stereocenters. The number of carboxylic acids is 1. The summed E-state index contributed by atoms with van der Waals surface area (Å²) in [5, 5.41) is 15.5. The Hall–Kier alpha value is -1.85. The summed E-state index contributed by atoms with van der Waals surface area (Å²) in [5.74, 6) is -1.11. The predicted octanol–water partition coefficient (Wildman–Crippen LogP) is 1.20. The Bertz CT molecular complexity index is 389. The number of carbonyl (C=O) groups is 2. The Labute approximate surface area is 106 Å². The van der Waals surface area contributed by atoms with Gasteiger partial charge in [0.25, 0.3) is 0 Å². The van der Waals surface area contributed by atoms with Crippen LogP contribution in [0.2, 0.25) is 0 Å². The van der Waals surface area contributed by atoms with Gasteiger partial charge in [0.1, 0.15) is 6.04 Å². The van der Waals surface area contributed by atoms with Crippen molar-refractivity contribution < 1.29 is 14.7 Å². The SMILES string of the molecule is CCCC(CC(=O)O)NC(=O)C(C)n1cccn1. The van der Waals surface area contributed by atoms with Crippen LogP contribution in [0.25, 0.3) is 0 Å². The second-order valence-electron chi connectivity index (χ2n) is 4.25. The van der Waals surface area contributed by atoms with E-state index < -0.39 is 12.0 Å². The van der Waals surface area contributed by atoms with Gasteiger partial charge in [0.05, 0.1) is 6.42 Å². The molecule has 0 fully saturated rings. The van der Waals surface area contributed by atoms with Crippen molar-refractivity contribution in [1.29, 1.82) is 0 Å². The molecule has 1 aromatic heterocycles. The molecule has 0 aromatic carbocycles. The number of aliphatic carboxylic acids is 1. The maximum atomic E-state index is 11.9. The van der Waals surface area contributed by atoms with Crippen molar-refractivity contribution in [3.63, 3.8) is 0 Å². The lowest BCUT2D eigenvalue weighted by atomic mass is 10.1. The normalized spacial score (nSPS) is 13.9. The molecule has 0 aliphatic heterocycles. The summed E-state index contributed by atoms with van der Waals surface area (Å²) < 4.78 is 1.54. The molecular formula is C12H19N3O3. The topological polar surface area (TPSA) is 84.2 Å². The number of carbonyl (C=O) groups excluding carboxylic acids is 1. The summed E-state index contributed by atoms with van der Waals surface area (Å²) in [6.07, 6.45) is 4.74. The van der Waals surface area contributed by atoms with Gasteiger partial charge in [-0.25, -0.2) is 0 Å². The molecule has 2 N–H and O–H groups in total. The number of hydrogen-bond acceptors (Lipinski definition) is 3. The summed E-state index contributed by atoms with van der Waals surface area (Å²) in [6, 6.07) is 0.982. The fourth-order valence-corrected chi connectivity index (χ4v) is 1.74. The molecule has 1 heterocycles. The van der Waals surface area contributed by atoms with E-state index in [1.165, 1.54) is 0 Å². The first kappa shape index (κ1) is 14.2. The van der Waals surface area contributed by atoms with Gasteiger partial charge in [-0.1, -0.05) is 13.3 Å². The molecule has 1 aromatic rings. The van der Waals surface area contributed by atoms with Gasteiger partial charge in [-0.3, -0.25) is 14.3 Å². The van der Waals surface area contributed by atoms with Crippen molar-refractivity contribution in [2.75, 3.05) is 0 Å². The zero-order valence-electron chi connectivity index (χ0n) is 10.7. The number of carboxylic acid groups (broad SMARTS) is 1. The molecule has 6 nitrogen and oxygen atoms in total. The molecule has 0 aliphatic carbocycles. The van der Waals surface area contributed by atoms with Crippen LogP contribution in [-0.2, 0) is 9.59 Å². The molecule has 0 aliphatic rings. The average molecular weight is 253 g/mol. The molecule has 0 saturated carbocycles. The Balaban J connectivity index is 2.57. The van der Waals surface area contributed by atoms with Gasteiger partial charge in [-0.15, -0.1) is 0 Å². The van der Waals surface area contributed by atoms with Gasteiger partial charge in [0.15, 0.2) is 0 Å². The molecule has 100 valence electrons. The molecule has 18 heavy (non-hydrogen) atoms. The zero-order chi connectivity index (χ0) is 13.5. The molecule has 0 spiro atoms. The monoisotopic (exact) mass is 253 g/mol. The third-order valence-electron chi connectivity index (χ3n) is 2.71. The number of nitrogens with zero attached hydrogens (tertiary/aromatic N) is 2. The van der Waals surface area contributed by atoms with Crippen LogP contribution in [0.4, 0.5) is 0 Å². The van der Waals surface area contributed by atoms with Crippen molar-refractivity contribution in [2.24, 2.45) is 0 Å². The molecule has 1 rings (SSSR count). The number of amides is 1. The molecule has 6 heteroatoms. The zero-order valence-corrected chi connectivity index (χ0v) is 10.7. The van der Waals surface area contributed by atoms with Crippen LogP contribution in [0.1, 0.15) is 39.2 Å². The van der Waals surface area contributed by atoms with Gasteiger partial charge >= 0.3 is 5.97 Å². The molecule has 2 atom stereocenters. The van der Waals surface area contributed by atoms with E-state index in [4.69, 9.17) is 5.11 Å². The smallest absolute Gasteiger partial charge is 0.305 e. The lowest BCUT2D eigenvalue weighted by Crippen LogP contribution is -2.40. The van der Waals surface area contributed by atoms with Crippen molar-refractivity contribution in [3.05, 3.63) is 18.5 Å². The summed E-state index contributed by atoms with van der Waals surface area (Å²) in [4.78, 5) is 22.6. The van der Waals surface area contributed by atoms with Gasteiger partial charge in [0.2, 0.25) is 5.91 Å². The number of hydrogen-bond donors (Lipinski definition) is 2. The minimum atomic E-state index is -0.902.